The van der Waals surface area contributed by atoms with E-state index in [0.29, 0.717) is 17.2 Å². The number of thiophene rings is 1. The smallest absolute Gasteiger partial charge is 0.261 e. The lowest BCUT2D eigenvalue weighted by atomic mass is 9.96. The summed E-state index contributed by atoms with van der Waals surface area (Å²) >= 11 is 1.49. The number of amides is 1. The van der Waals surface area contributed by atoms with Gasteiger partial charge in [0, 0.05) is 36.3 Å². The van der Waals surface area contributed by atoms with Crippen molar-refractivity contribution in [1.29, 1.82) is 0 Å². The number of rotatable bonds is 6. The monoisotopic (exact) mass is 411 g/mol. The maximum atomic E-state index is 13.4. The summed E-state index contributed by atoms with van der Waals surface area (Å²) in [4.78, 5) is 23.5. The van der Waals surface area contributed by atoms with E-state index in [1.165, 1.54) is 23.5 Å². The highest BCUT2D eigenvalue weighted by Crippen LogP contribution is 2.37. The maximum Gasteiger partial charge on any atom is 0.261 e. The molecule has 1 atom stereocenters. The lowest BCUT2D eigenvalue weighted by Crippen LogP contribution is -2.41. The van der Waals surface area contributed by atoms with Crippen LogP contribution in [-0.4, -0.2) is 35.5 Å². The second kappa shape index (κ2) is 8.26. The number of benzene rings is 1. The van der Waals surface area contributed by atoms with Gasteiger partial charge in [-0.05, 0) is 48.6 Å². The number of anilines is 1. The first-order chi connectivity index (χ1) is 14.1. The molecule has 3 aromatic rings. The van der Waals surface area contributed by atoms with Gasteiger partial charge in [-0.2, -0.15) is 0 Å². The molecule has 0 saturated heterocycles. The van der Waals surface area contributed by atoms with Gasteiger partial charge in [-0.1, -0.05) is 12.1 Å². The second-order valence-corrected chi connectivity index (χ2v) is 8.14. The van der Waals surface area contributed by atoms with Gasteiger partial charge >= 0.3 is 0 Å². The Bertz CT molecular complexity index is 1050. The molecular weight excluding hydrogens is 389 g/mol. The quantitative estimate of drug-likeness (QED) is 0.580. The summed E-state index contributed by atoms with van der Waals surface area (Å²) < 4.78 is 13.4. The third kappa shape index (κ3) is 4.13. The number of fused-ring (bicyclic) bond motifs is 3. The zero-order valence-electron chi connectivity index (χ0n) is 16.0. The molecule has 4 rings (SSSR count). The summed E-state index contributed by atoms with van der Waals surface area (Å²) in [5.74, 6) is 0.102. The number of nitrogens with one attached hydrogen (secondary N) is 2. The van der Waals surface area contributed by atoms with Crippen molar-refractivity contribution >= 4 is 23.2 Å². The van der Waals surface area contributed by atoms with E-state index in [2.05, 4.69) is 20.6 Å². The Morgan fingerprint density at radius 3 is 2.97 bits per heavy atom. The van der Waals surface area contributed by atoms with Crippen molar-refractivity contribution in [3.63, 3.8) is 0 Å². The Morgan fingerprint density at radius 1 is 1.34 bits per heavy atom. The highest BCUT2D eigenvalue weighted by atomic mass is 32.1. The molecule has 0 fully saturated rings. The molecule has 1 aromatic carbocycles. The van der Waals surface area contributed by atoms with Crippen LogP contribution in [0.5, 0.6) is 0 Å². The highest BCUT2D eigenvalue weighted by molar-refractivity contribution is 7.14. The molecule has 6 nitrogen and oxygen atoms in total. The van der Waals surface area contributed by atoms with E-state index in [4.69, 9.17) is 5.73 Å². The Hall–Kier alpha value is -2.84. The summed E-state index contributed by atoms with van der Waals surface area (Å²) in [5, 5.41) is 5.95. The normalized spacial score (nSPS) is 13.3. The van der Waals surface area contributed by atoms with Crippen molar-refractivity contribution in [2.24, 2.45) is 5.73 Å². The zero-order valence-corrected chi connectivity index (χ0v) is 16.9. The minimum Gasteiger partial charge on any atom is -0.357 e. The number of aromatic nitrogens is 2. The summed E-state index contributed by atoms with van der Waals surface area (Å²) in [6.45, 7) is 0.273. The molecule has 0 radical (unpaired) electrons. The lowest BCUT2D eigenvalue weighted by Gasteiger charge is -2.16. The summed E-state index contributed by atoms with van der Waals surface area (Å²) in [6, 6.07) is 7.99. The summed E-state index contributed by atoms with van der Waals surface area (Å²) in [6.07, 6.45) is 4.05. The zero-order chi connectivity index (χ0) is 20.4. The van der Waals surface area contributed by atoms with Gasteiger partial charge in [-0.3, -0.25) is 4.79 Å². The molecule has 4 N–H and O–H groups in total. The number of aryl methyl sites for hydroxylation is 2. The maximum absolute atomic E-state index is 13.4. The van der Waals surface area contributed by atoms with Gasteiger partial charge in [0.1, 0.15) is 5.82 Å². The van der Waals surface area contributed by atoms with Crippen molar-refractivity contribution in [1.82, 2.24) is 15.3 Å². The van der Waals surface area contributed by atoms with Gasteiger partial charge in [0.05, 0.1) is 10.6 Å². The van der Waals surface area contributed by atoms with Crippen molar-refractivity contribution in [3.05, 3.63) is 63.2 Å². The second-order valence-electron chi connectivity index (χ2n) is 7.01. The van der Waals surface area contributed by atoms with E-state index in [1.807, 2.05) is 18.3 Å². The summed E-state index contributed by atoms with van der Waals surface area (Å²) in [7, 11) is 1.78. The standard InChI is InChI=1S/C21H22FN5OS/c1-24-21-25-11-13-5-6-17-16(19(13)27-21)9-18(29-17)20(28)26-15(10-23)8-12-3-2-4-14(22)7-12/h2-4,7,9,11,15H,5-6,8,10,23H2,1H3,(H,26,28)(H,24,25,27). The highest BCUT2D eigenvalue weighted by Gasteiger charge is 2.24. The number of nitrogens with two attached hydrogens (primary N) is 1. The molecule has 8 heteroatoms. The van der Waals surface area contributed by atoms with Crippen LogP contribution in [0, 0.1) is 5.82 Å². The van der Waals surface area contributed by atoms with Gasteiger partial charge in [-0.25, -0.2) is 14.4 Å². The molecule has 0 spiro atoms. The Labute approximate surface area is 172 Å². The van der Waals surface area contributed by atoms with Crippen LogP contribution in [0.2, 0.25) is 0 Å². The van der Waals surface area contributed by atoms with Gasteiger partial charge in [0.15, 0.2) is 0 Å². The number of carbonyl (C=O) groups is 1. The Morgan fingerprint density at radius 2 is 2.21 bits per heavy atom. The molecular formula is C21H22FN5OS. The number of hydrogen-bond donors (Lipinski definition) is 3. The number of hydrogen-bond acceptors (Lipinski definition) is 6. The topological polar surface area (TPSA) is 92.9 Å². The van der Waals surface area contributed by atoms with Crippen LogP contribution in [0.25, 0.3) is 11.3 Å². The fourth-order valence-corrected chi connectivity index (χ4v) is 4.58. The van der Waals surface area contributed by atoms with Gasteiger partial charge in [-0.15, -0.1) is 11.3 Å². The van der Waals surface area contributed by atoms with E-state index in [-0.39, 0.29) is 24.3 Å². The third-order valence-corrected chi connectivity index (χ3v) is 6.18. The van der Waals surface area contributed by atoms with Crippen LogP contribution in [-0.2, 0) is 19.3 Å². The number of carbonyl (C=O) groups excluding carboxylic acids is 1. The Kier molecular flexibility index (Phi) is 5.55. The van der Waals surface area contributed by atoms with Crippen LogP contribution in [0.15, 0.2) is 36.5 Å². The molecule has 1 amide bonds. The van der Waals surface area contributed by atoms with E-state index in [9.17, 15) is 9.18 Å². The summed E-state index contributed by atoms with van der Waals surface area (Å²) in [5.41, 5.74) is 9.62. The van der Waals surface area contributed by atoms with Crippen LogP contribution in [0.4, 0.5) is 10.3 Å². The first-order valence-corrected chi connectivity index (χ1v) is 10.3. The van der Waals surface area contributed by atoms with E-state index in [1.54, 1.807) is 13.1 Å². The molecule has 29 heavy (non-hydrogen) atoms. The number of halogens is 1. The molecule has 1 aliphatic rings. The fraction of sp³-hybridized carbons (Fsp3) is 0.286. The lowest BCUT2D eigenvalue weighted by molar-refractivity contribution is 0.0942. The van der Waals surface area contributed by atoms with Gasteiger partial charge in [0.2, 0.25) is 5.95 Å². The number of nitrogens with zero attached hydrogens (tertiary/aromatic N) is 2. The van der Waals surface area contributed by atoms with Gasteiger partial charge < -0.3 is 16.4 Å². The van der Waals surface area contributed by atoms with Crippen molar-refractivity contribution in [2.75, 3.05) is 18.9 Å². The fourth-order valence-electron chi connectivity index (χ4n) is 3.52. The Balaban J connectivity index is 1.53. The molecule has 1 unspecified atom stereocenters. The molecule has 2 heterocycles. The minimum atomic E-state index is -0.294. The first kappa shape index (κ1) is 19.5. The van der Waals surface area contributed by atoms with Crippen molar-refractivity contribution < 1.29 is 9.18 Å². The molecule has 0 bridgehead atoms. The largest absolute Gasteiger partial charge is 0.357 e. The van der Waals surface area contributed by atoms with Crippen LogP contribution in [0.1, 0.15) is 25.7 Å². The minimum absolute atomic E-state index is 0.166. The van der Waals surface area contributed by atoms with Crippen LogP contribution in [0.3, 0.4) is 0 Å². The van der Waals surface area contributed by atoms with E-state index in [0.717, 1.165) is 40.1 Å². The molecule has 2 aromatic heterocycles. The molecule has 0 saturated carbocycles. The first-order valence-electron chi connectivity index (χ1n) is 9.49. The average Bonchev–Trinajstić information content (AvgIpc) is 3.18. The predicted molar refractivity (Wildman–Crippen MR) is 113 cm³/mol. The van der Waals surface area contributed by atoms with Crippen LogP contribution >= 0.6 is 11.3 Å². The van der Waals surface area contributed by atoms with Crippen LogP contribution < -0.4 is 16.4 Å². The predicted octanol–water partition coefficient (Wildman–Crippen LogP) is 2.78. The average molecular weight is 412 g/mol. The molecule has 150 valence electrons. The SMILES string of the molecule is CNc1ncc2c(n1)-c1cc(C(=O)NC(CN)Cc3cccc(F)c3)sc1CC2. The molecule has 1 aliphatic carbocycles. The van der Waals surface area contributed by atoms with E-state index < -0.39 is 0 Å². The third-order valence-electron chi connectivity index (χ3n) is 4.99. The molecule has 0 aliphatic heterocycles. The van der Waals surface area contributed by atoms with Gasteiger partial charge in [0.25, 0.3) is 5.91 Å². The van der Waals surface area contributed by atoms with E-state index >= 15 is 0 Å². The van der Waals surface area contributed by atoms with Crippen molar-refractivity contribution in [2.45, 2.75) is 25.3 Å². The van der Waals surface area contributed by atoms with Crippen molar-refractivity contribution in [3.8, 4) is 11.3 Å².